The van der Waals surface area contributed by atoms with Gasteiger partial charge in [-0.1, -0.05) is 12.5 Å². The van der Waals surface area contributed by atoms with Crippen LogP contribution in [0.4, 0.5) is 0 Å². The van der Waals surface area contributed by atoms with Gasteiger partial charge in [-0.05, 0) is 32.6 Å². The number of carbonyl (C=O) groups is 5. The van der Waals surface area contributed by atoms with Crippen LogP contribution in [-0.2, 0) is 47.7 Å². The van der Waals surface area contributed by atoms with Crippen molar-refractivity contribution in [3.05, 3.63) is 11.6 Å². The third kappa shape index (κ3) is 3.64. The van der Waals surface area contributed by atoms with Crippen molar-refractivity contribution in [3.8, 4) is 0 Å². The van der Waals surface area contributed by atoms with Crippen LogP contribution in [0.1, 0.15) is 40.5 Å². The van der Waals surface area contributed by atoms with Gasteiger partial charge in [-0.15, -0.1) is 0 Å². The fourth-order valence-electron chi connectivity index (χ4n) is 7.78. The van der Waals surface area contributed by atoms with Crippen molar-refractivity contribution in [1.82, 2.24) is 0 Å². The molecule has 2 N–H and O–H groups in total. The van der Waals surface area contributed by atoms with E-state index in [1.807, 2.05) is 0 Å². The first-order valence-corrected chi connectivity index (χ1v) is 12.4. The molecule has 12 nitrogen and oxygen atoms in total. The van der Waals surface area contributed by atoms with E-state index >= 15 is 0 Å². The summed E-state index contributed by atoms with van der Waals surface area (Å²) in [7, 11) is 2.25. The number of Topliss-reactive ketones (excluding diaryl/α,β-unsaturated/α-hetero) is 1. The Kier molecular flexibility index (Phi) is 6.99. The smallest absolute Gasteiger partial charge is 0.348 e. The molecular formula is C26H34O12. The minimum atomic E-state index is -2.28. The van der Waals surface area contributed by atoms with E-state index in [1.54, 1.807) is 20.8 Å². The monoisotopic (exact) mass is 538 g/mol. The van der Waals surface area contributed by atoms with Crippen molar-refractivity contribution in [2.45, 2.75) is 70.6 Å². The fraction of sp³-hybridized carbons (Fsp3) is 0.731. The lowest BCUT2D eigenvalue weighted by molar-refractivity contribution is -0.290. The minimum Gasteiger partial charge on any atom is -0.469 e. The van der Waals surface area contributed by atoms with Crippen LogP contribution in [0.3, 0.4) is 0 Å². The van der Waals surface area contributed by atoms with E-state index in [-0.39, 0.29) is 25.2 Å². The molecule has 2 aliphatic carbocycles. The topological polar surface area (TPSA) is 172 Å². The molecule has 210 valence electrons. The van der Waals surface area contributed by atoms with Gasteiger partial charge in [0.2, 0.25) is 11.7 Å². The van der Waals surface area contributed by atoms with Crippen LogP contribution in [0.2, 0.25) is 0 Å². The van der Waals surface area contributed by atoms with Crippen LogP contribution < -0.4 is 0 Å². The van der Waals surface area contributed by atoms with E-state index in [4.69, 9.17) is 23.7 Å². The number of rotatable bonds is 6. The maximum absolute atomic E-state index is 13.4. The third-order valence-corrected chi connectivity index (χ3v) is 9.03. The minimum absolute atomic E-state index is 0.0420. The van der Waals surface area contributed by atoms with Gasteiger partial charge in [0.1, 0.15) is 18.0 Å². The molecule has 0 radical (unpaired) electrons. The largest absolute Gasteiger partial charge is 0.469 e. The van der Waals surface area contributed by atoms with Crippen LogP contribution in [0.5, 0.6) is 0 Å². The molecule has 1 spiro atoms. The van der Waals surface area contributed by atoms with Crippen molar-refractivity contribution in [1.29, 1.82) is 0 Å². The molecule has 4 aliphatic rings. The van der Waals surface area contributed by atoms with Gasteiger partial charge < -0.3 is 33.9 Å². The summed E-state index contributed by atoms with van der Waals surface area (Å²) in [4.78, 5) is 64.8. The molecule has 2 aliphatic heterocycles. The van der Waals surface area contributed by atoms with Crippen molar-refractivity contribution >= 4 is 29.7 Å². The molecule has 38 heavy (non-hydrogen) atoms. The second-order valence-electron chi connectivity index (χ2n) is 11.2. The molecule has 2 saturated heterocycles. The third-order valence-electron chi connectivity index (χ3n) is 9.03. The molecule has 4 fully saturated rings. The Bertz CT molecular complexity index is 1090. The number of aliphatic hydroxyl groups is 2. The summed E-state index contributed by atoms with van der Waals surface area (Å²) in [5.41, 5.74) is -4.44. The molecule has 0 unspecified atom stereocenters. The van der Waals surface area contributed by atoms with Crippen LogP contribution in [-0.4, -0.2) is 90.7 Å². The first-order valence-electron chi connectivity index (χ1n) is 12.4. The normalized spacial score (nSPS) is 42.7. The van der Waals surface area contributed by atoms with Gasteiger partial charge in [-0.3, -0.25) is 9.59 Å². The van der Waals surface area contributed by atoms with Crippen LogP contribution in [0.15, 0.2) is 11.6 Å². The predicted molar refractivity (Wildman–Crippen MR) is 125 cm³/mol. The fourth-order valence-corrected chi connectivity index (χ4v) is 7.78. The van der Waals surface area contributed by atoms with Crippen LogP contribution in [0, 0.1) is 28.6 Å². The summed E-state index contributed by atoms with van der Waals surface area (Å²) in [6.07, 6.45) is -5.64. The zero-order valence-corrected chi connectivity index (χ0v) is 22.2. The SMILES string of the molecule is COC(=O)C[C@]1(C)[C@H]2[C@@H](O)[C@H](O)[C@@]3(C(=O)OC)OC[C@@]24[C@@H](C[C@H]1C(C)=O)OC(=O)[C@H](OC(=O)C=C(C)C)[C@@H]34. The molecule has 2 heterocycles. The molecule has 10 atom stereocenters. The number of hydrogen-bond acceptors (Lipinski definition) is 12. The van der Waals surface area contributed by atoms with Crippen molar-refractivity contribution in [3.63, 3.8) is 0 Å². The quantitative estimate of drug-likeness (QED) is 0.261. The average Bonchev–Trinajstić information content (AvgIpc) is 3.14. The number of carbonyl (C=O) groups excluding carboxylic acids is 5. The van der Waals surface area contributed by atoms with Gasteiger partial charge in [0.25, 0.3) is 0 Å². The van der Waals surface area contributed by atoms with E-state index in [1.165, 1.54) is 14.0 Å². The zero-order valence-electron chi connectivity index (χ0n) is 22.2. The zero-order chi connectivity index (χ0) is 28.4. The van der Waals surface area contributed by atoms with Crippen LogP contribution in [0.25, 0.3) is 0 Å². The van der Waals surface area contributed by atoms with Crippen LogP contribution >= 0.6 is 0 Å². The van der Waals surface area contributed by atoms with Crippen molar-refractivity contribution < 1.29 is 57.9 Å². The van der Waals surface area contributed by atoms with Gasteiger partial charge in [0, 0.05) is 23.3 Å². The molecule has 0 amide bonds. The Morgan fingerprint density at radius 2 is 1.74 bits per heavy atom. The average molecular weight is 539 g/mol. The molecule has 0 aromatic carbocycles. The maximum Gasteiger partial charge on any atom is 0.348 e. The molecule has 2 bridgehead atoms. The van der Waals surface area contributed by atoms with Gasteiger partial charge >= 0.3 is 23.9 Å². The summed E-state index contributed by atoms with van der Waals surface area (Å²) in [5.74, 6) is -7.25. The van der Waals surface area contributed by atoms with Gasteiger partial charge in [0.15, 0.2) is 0 Å². The summed E-state index contributed by atoms with van der Waals surface area (Å²) in [6, 6.07) is 0. The number of ether oxygens (including phenoxy) is 5. The number of aliphatic hydroxyl groups excluding tert-OH is 2. The Labute approximate surface area is 219 Å². The molecular weight excluding hydrogens is 504 g/mol. The summed E-state index contributed by atoms with van der Waals surface area (Å²) in [5, 5.41) is 23.1. The Balaban J connectivity index is 1.98. The molecule has 12 heteroatoms. The van der Waals surface area contributed by atoms with E-state index in [9.17, 15) is 34.2 Å². The standard InChI is InChI=1S/C26H34O12/c1-11(2)7-15(28)38-18-20-25-10-36-26(20,23(33)35-6)21(31)17(30)19(25)24(4,9-16(29)34-5)13(12(3)27)8-14(25)37-22(18)32/h7,13-14,17-21,30-31H,8-10H2,1-6H3/t13-,14+,17+,18+,19+,20+,21-,24-,25+,26-/m0/s1. The number of methoxy groups -OCH3 is 2. The molecule has 0 aromatic rings. The Morgan fingerprint density at radius 1 is 1.08 bits per heavy atom. The molecule has 0 aromatic heterocycles. The van der Waals surface area contributed by atoms with Gasteiger partial charge in [-0.2, -0.15) is 0 Å². The highest BCUT2D eigenvalue weighted by Gasteiger charge is 2.85. The second kappa shape index (κ2) is 9.42. The Morgan fingerprint density at radius 3 is 2.29 bits per heavy atom. The molecule has 4 rings (SSSR count). The van der Waals surface area contributed by atoms with E-state index in [0.717, 1.165) is 13.2 Å². The number of allylic oxidation sites excluding steroid dienone is 1. The Hall–Kier alpha value is -2.83. The summed E-state index contributed by atoms with van der Waals surface area (Å²) >= 11 is 0. The predicted octanol–water partition coefficient (Wildman–Crippen LogP) is -0.136. The lowest BCUT2D eigenvalue weighted by atomic mass is 9.39. The summed E-state index contributed by atoms with van der Waals surface area (Å²) < 4.78 is 27.2. The van der Waals surface area contributed by atoms with Gasteiger partial charge in [0.05, 0.1) is 39.3 Å². The first kappa shape index (κ1) is 28.2. The van der Waals surface area contributed by atoms with Gasteiger partial charge in [-0.25, -0.2) is 14.4 Å². The summed E-state index contributed by atoms with van der Waals surface area (Å²) in [6.45, 7) is 5.95. The molecule has 2 saturated carbocycles. The number of hydrogen-bond donors (Lipinski definition) is 2. The number of ketones is 1. The lowest BCUT2D eigenvalue weighted by Crippen LogP contribution is -2.79. The highest BCUT2D eigenvalue weighted by molar-refractivity contribution is 5.90. The van der Waals surface area contributed by atoms with E-state index in [2.05, 4.69) is 0 Å². The number of esters is 4. The van der Waals surface area contributed by atoms with Crippen molar-refractivity contribution in [2.24, 2.45) is 28.6 Å². The second-order valence-corrected chi connectivity index (χ2v) is 11.2. The lowest BCUT2D eigenvalue weighted by Gasteiger charge is -2.66. The first-order chi connectivity index (χ1) is 17.7. The maximum atomic E-state index is 13.4. The highest BCUT2D eigenvalue weighted by Crippen LogP contribution is 2.71. The van der Waals surface area contributed by atoms with E-state index < -0.39 is 82.5 Å². The van der Waals surface area contributed by atoms with E-state index in [0.29, 0.717) is 5.57 Å². The highest BCUT2D eigenvalue weighted by atomic mass is 16.6. The van der Waals surface area contributed by atoms with Crippen molar-refractivity contribution in [2.75, 3.05) is 20.8 Å².